The average Bonchev–Trinajstić information content (AvgIpc) is 2.59. The number of halogens is 4. The van der Waals surface area contributed by atoms with E-state index in [0.717, 1.165) is 6.07 Å². The number of nitrogens with zero attached hydrogens (tertiary/aromatic N) is 1. The molecule has 0 radical (unpaired) electrons. The zero-order valence-electron chi connectivity index (χ0n) is 13.5. The Morgan fingerprint density at radius 1 is 1.05 bits per heavy atom. The number of hydrogen-bond acceptors (Lipinski definition) is 3. The molecule has 0 N–H and O–H groups in total. The van der Waals surface area contributed by atoms with Gasteiger partial charge in [0, 0.05) is 0 Å². The Labute approximate surface area is 134 Å². The largest absolute Gasteiger partial charge is 0.495 e. The number of hydrogen-bond donors (Lipinski definition) is 0. The molecule has 2 heterocycles. The van der Waals surface area contributed by atoms with Gasteiger partial charge in [-0.25, -0.2) is 4.98 Å². The molecular formula is C14H20BClF3NO2. The second-order valence-electron chi connectivity index (χ2n) is 5.69. The molecule has 1 aromatic heterocycles. The van der Waals surface area contributed by atoms with Crippen LogP contribution in [-0.2, 0) is 15.5 Å². The van der Waals surface area contributed by atoms with Crippen LogP contribution in [-0.4, -0.2) is 23.3 Å². The van der Waals surface area contributed by atoms with Crippen molar-refractivity contribution < 1.29 is 22.5 Å². The highest BCUT2D eigenvalue weighted by Crippen LogP contribution is 2.37. The van der Waals surface area contributed by atoms with Crippen molar-refractivity contribution in [2.75, 3.05) is 0 Å². The van der Waals surface area contributed by atoms with Crippen molar-refractivity contribution in [3.8, 4) is 0 Å². The van der Waals surface area contributed by atoms with E-state index in [1.165, 1.54) is 6.07 Å². The van der Waals surface area contributed by atoms with Crippen molar-refractivity contribution in [3.63, 3.8) is 0 Å². The maximum atomic E-state index is 12.7. The van der Waals surface area contributed by atoms with Crippen LogP contribution in [0.4, 0.5) is 13.2 Å². The van der Waals surface area contributed by atoms with Crippen molar-refractivity contribution in [2.24, 2.45) is 0 Å². The van der Waals surface area contributed by atoms with Gasteiger partial charge in [0.15, 0.2) is 0 Å². The first-order valence-electron chi connectivity index (χ1n) is 7.03. The third-order valence-corrected chi connectivity index (χ3v) is 3.83. The topological polar surface area (TPSA) is 31.4 Å². The molecule has 1 aromatic rings. The monoisotopic (exact) mass is 337 g/mol. The molecule has 0 aliphatic carbocycles. The highest BCUT2D eigenvalue weighted by molar-refractivity contribution is 6.62. The first-order chi connectivity index (χ1) is 9.92. The van der Waals surface area contributed by atoms with E-state index in [4.69, 9.17) is 20.9 Å². The quantitative estimate of drug-likeness (QED) is 0.571. The Balaban J connectivity index is 0.00000116. The smallest absolute Gasteiger partial charge is 0.399 e. The second kappa shape index (κ2) is 6.38. The lowest BCUT2D eigenvalue weighted by molar-refractivity contribution is -0.141. The van der Waals surface area contributed by atoms with E-state index in [0.29, 0.717) is 0 Å². The van der Waals surface area contributed by atoms with Gasteiger partial charge in [-0.3, -0.25) is 0 Å². The average molecular weight is 338 g/mol. The summed E-state index contributed by atoms with van der Waals surface area (Å²) in [4.78, 5) is 3.28. The lowest BCUT2D eigenvalue weighted by atomic mass is 9.79. The van der Waals surface area contributed by atoms with Crippen molar-refractivity contribution in [2.45, 2.75) is 58.9 Å². The Hall–Kier alpha value is -0.785. The fourth-order valence-electron chi connectivity index (χ4n) is 1.78. The Kier molecular flexibility index (Phi) is 5.58. The maximum Gasteiger partial charge on any atom is 0.495 e. The van der Waals surface area contributed by atoms with Crippen molar-refractivity contribution >= 4 is 24.2 Å². The van der Waals surface area contributed by atoms with Gasteiger partial charge in [-0.1, -0.05) is 25.4 Å². The van der Waals surface area contributed by atoms with Crippen LogP contribution in [0.15, 0.2) is 12.1 Å². The highest BCUT2D eigenvalue weighted by atomic mass is 35.5. The van der Waals surface area contributed by atoms with E-state index in [2.05, 4.69) is 4.98 Å². The molecule has 0 unspecified atom stereocenters. The van der Waals surface area contributed by atoms with Crippen LogP contribution >= 0.6 is 11.6 Å². The molecule has 22 heavy (non-hydrogen) atoms. The molecule has 0 amide bonds. The maximum absolute atomic E-state index is 12.7. The fraction of sp³-hybridized carbons (Fsp3) is 0.643. The number of pyridine rings is 1. The predicted molar refractivity (Wildman–Crippen MR) is 81.3 cm³/mol. The molecule has 0 atom stereocenters. The summed E-state index contributed by atoms with van der Waals surface area (Å²) in [5.41, 5.74) is -2.12. The number of alkyl halides is 3. The normalized spacial score (nSPS) is 19.6. The van der Waals surface area contributed by atoms with E-state index in [1.54, 1.807) is 0 Å². The summed E-state index contributed by atoms with van der Waals surface area (Å²) in [5.74, 6) is 0. The van der Waals surface area contributed by atoms with Gasteiger partial charge in [-0.2, -0.15) is 13.2 Å². The summed E-state index contributed by atoms with van der Waals surface area (Å²) in [6, 6.07) is 2.22. The lowest BCUT2D eigenvalue weighted by Gasteiger charge is -2.32. The van der Waals surface area contributed by atoms with E-state index in [-0.39, 0.29) is 10.6 Å². The van der Waals surface area contributed by atoms with Gasteiger partial charge in [-0.15, -0.1) is 0 Å². The molecule has 1 fully saturated rings. The molecular weight excluding hydrogens is 317 g/mol. The summed E-state index contributed by atoms with van der Waals surface area (Å²) in [7, 11) is -0.901. The first-order valence-corrected chi connectivity index (χ1v) is 7.40. The molecule has 1 aliphatic heterocycles. The summed E-state index contributed by atoms with van der Waals surface area (Å²) in [5, 5.41) is -0.246. The zero-order chi connectivity index (χ0) is 17.3. The van der Waals surface area contributed by atoms with E-state index in [1.807, 2.05) is 41.5 Å². The molecule has 0 spiro atoms. The van der Waals surface area contributed by atoms with Crippen LogP contribution in [0.1, 0.15) is 47.2 Å². The van der Waals surface area contributed by atoms with Gasteiger partial charge in [-0.05, 0) is 45.3 Å². The van der Waals surface area contributed by atoms with Gasteiger partial charge in [0.05, 0.1) is 11.2 Å². The molecule has 0 saturated carbocycles. The minimum atomic E-state index is -4.57. The third kappa shape index (κ3) is 3.94. The van der Waals surface area contributed by atoms with Gasteiger partial charge in [0.2, 0.25) is 0 Å². The SMILES string of the molecule is CC.CC1(C)OB(c2cc(Cl)nc(C(F)(F)F)c2)OC1(C)C. The van der Waals surface area contributed by atoms with Crippen LogP contribution in [0, 0.1) is 0 Å². The standard InChI is InChI=1S/C12H14BClF3NO2.C2H6/c1-10(2)11(3,4)20-13(19-10)7-5-8(12(15,16)17)18-9(14)6-7;1-2/h5-6H,1-4H3;1-2H3. The number of rotatable bonds is 1. The van der Waals surface area contributed by atoms with E-state index >= 15 is 0 Å². The summed E-state index contributed by atoms with van der Waals surface area (Å²) < 4.78 is 49.6. The molecule has 124 valence electrons. The van der Waals surface area contributed by atoms with Gasteiger partial charge >= 0.3 is 13.3 Å². The minimum absolute atomic E-state index is 0.205. The van der Waals surface area contributed by atoms with E-state index in [9.17, 15) is 13.2 Å². The van der Waals surface area contributed by atoms with Crippen molar-refractivity contribution in [1.82, 2.24) is 4.98 Å². The first kappa shape index (κ1) is 19.3. The number of aromatic nitrogens is 1. The molecule has 1 aliphatic rings. The van der Waals surface area contributed by atoms with Gasteiger partial charge < -0.3 is 9.31 Å². The van der Waals surface area contributed by atoms with Gasteiger partial charge in [0.25, 0.3) is 0 Å². The van der Waals surface area contributed by atoms with Crippen LogP contribution in [0.25, 0.3) is 0 Å². The minimum Gasteiger partial charge on any atom is -0.399 e. The predicted octanol–water partition coefficient (Wildman–Crippen LogP) is 4.08. The summed E-state index contributed by atoms with van der Waals surface area (Å²) >= 11 is 5.65. The van der Waals surface area contributed by atoms with Gasteiger partial charge in [0.1, 0.15) is 10.8 Å². The van der Waals surface area contributed by atoms with Crippen molar-refractivity contribution in [3.05, 3.63) is 23.0 Å². The molecule has 1 saturated heterocycles. The summed E-state index contributed by atoms with van der Waals surface area (Å²) in [6.45, 7) is 11.3. The Morgan fingerprint density at radius 2 is 1.50 bits per heavy atom. The Morgan fingerprint density at radius 3 is 1.91 bits per heavy atom. The van der Waals surface area contributed by atoms with Crippen LogP contribution in [0.2, 0.25) is 5.15 Å². The zero-order valence-corrected chi connectivity index (χ0v) is 14.3. The van der Waals surface area contributed by atoms with E-state index < -0.39 is 30.2 Å². The van der Waals surface area contributed by atoms with Crippen molar-refractivity contribution in [1.29, 1.82) is 0 Å². The second-order valence-corrected chi connectivity index (χ2v) is 6.08. The third-order valence-electron chi connectivity index (χ3n) is 3.63. The molecule has 0 aromatic carbocycles. The fourth-order valence-corrected chi connectivity index (χ4v) is 1.99. The molecule has 2 rings (SSSR count). The highest BCUT2D eigenvalue weighted by Gasteiger charge is 2.52. The van der Waals surface area contributed by atoms with Crippen LogP contribution < -0.4 is 5.46 Å². The lowest BCUT2D eigenvalue weighted by Crippen LogP contribution is -2.41. The molecule has 8 heteroatoms. The molecule has 3 nitrogen and oxygen atoms in total. The molecule has 0 bridgehead atoms. The van der Waals surface area contributed by atoms with Crippen LogP contribution in [0.5, 0.6) is 0 Å². The summed E-state index contributed by atoms with van der Waals surface area (Å²) in [6.07, 6.45) is -4.57. The van der Waals surface area contributed by atoms with Crippen LogP contribution in [0.3, 0.4) is 0 Å². The Bertz CT molecular complexity index is 519.